The number of benzene rings is 1. The van der Waals surface area contributed by atoms with E-state index in [4.69, 9.17) is 4.43 Å². The Morgan fingerprint density at radius 3 is 1.78 bits per heavy atom. The van der Waals surface area contributed by atoms with E-state index < -0.39 is 8.32 Å². The van der Waals surface area contributed by atoms with Crippen molar-refractivity contribution in [2.75, 3.05) is 0 Å². The van der Waals surface area contributed by atoms with Crippen LogP contribution in [0.5, 0.6) is 5.75 Å². The van der Waals surface area contributed by atoms with E-state index in [1.54, 1.807) is 6.07 Å². The summed E-state index contributed by atoms with van der Waals surface area (Å²) in [5.41, 5.74) is 1.55. The molecule has 0 aliphatic rings. The standard InChI is InChI=1S/C14H24O3Si/c1-14(2,3)18(4,5)17-13-7-11(9-15)6-12(8-13)10-16/h6-8,15-16H,9-10H2,1-5H3. The Hall–Kier alpha value is -0.843. The molecule has 1 aromatic carbocycles. The van der Waals surface area contributed by atoms with E-state index in [1.807, 2.05) is 12.1 Å². The van der Waals surface area contributed by atoms with Crippen LogP contribution in [0.2, 0.25) is 18.1 Å². The maximum atomic E-state index is 9.21. The quantitative estimate of drug-likeness (QED) is 0.825. The lowest BCUT2D eigenvalue weighted by Crippen LogP contribution is -2.43. The second kappa shape index (κ2) is 5.43. The Morgan fingerprint density at radius 2 is 1.44 bits per heavy atom. The van der Waals surface area contributed by atoms with Crippen molar-refractivity contribution in [3.8, 4) is 5.75 Å². The lowest BCUT2D eigenvalue weighted by molar-refractivity contribution is 0.274. The molecule has 3 nitrogen and oxygen atoms in total. The molecule has 0 bridgehead atoms. The summed E-state index contributed by atoms with van der Waals surface area (Å²) in [6.07, 6.45) is 0. The molecule has 0 fully saturated rings. The summed E-state index contributed by atoms with van der Waals surface area (Å²) in [6.45, 7) is 10.8. The third-order valence-corrected chi connectivity index (χ3v) is 7.93. The SMILES string of the molecule is CC(C)(C)[Si](C)(C)Oc1cc(CO)cc(CO)c1. The third-order valence-electron chi connectivity index (χ3n) is 3.57. The van der Waals surface area contributed by atoms with Crippen LogP contribution in [0.1, 0.15) is 31.9 Å². The van der Waals surface area contributed by atoms with E-state index in [0.717, 1.165) is 16.9 Å². The van der Waals surface area contributed by atoms with Gasteiger partial charge in [0.1, 0.15) is 5.75 Å². The fourth-order valence-corrected chi connectivity index (χ4v) is 2.43. The van der Waals surface area contributed by atoms with Crippen LogP contribution in [0.4, 0.5) is 0 Å². The lowest BCUT2D eigenvalue weighted by atomic mass is 10.1. The maximum absolute atomic E-state index is 9.21. The highest BCUT2D eigenvalue weighted by Gasteiger charge is 2.39. The third kappa shape index (κ3) is 3.57. The van der Waals surface area contributed by atoms with Gasteiger partial charge in [0, 0.05) is 0 Å². The molecule has 0 saturated heterocycles. The molecule has 0 radical (unpaired) electrons. The molecular weight excluding hydrogens is 244 g/mol. The molecule has 0 atom stereocenters. The van der Waals surface area contributed by atoms with Crippen LogP contribution in [-0.4, -0.2) is 18.5 Å². The smallest absolute Gasteiger partial charge is 0.250 e. The van der Waals surface area contributed by atoms with Gasteiger partial charge in [-0.25, -0.2) is 0 Å². The Kier molecular flexibility index (Phi) is 4.59. The Morgan fingerprint density at radius 1 is 1.00 bits per heavy atom. The molecule has 102 valence electrons. The normalized spacial score (nSPS) is 12.6. The van der Waals surface area contributed by atoms with Gasteiger partial charge in [-0.05, 0) is 41.4 Å². The van der Waals surface area contributed by atoms with Crippen LogP contribution in [0, 0.1) is 0 Å². The molecule has 4 heteroatoms. The van der Waals surface area contributed by atoms with Gasteiger partial charge in [-0.1, -0.05) is 26.8 Å². The van der Waals surface area contributed by atoms with Gasteiger partial charge >= 0.3 is 0 Å². The minimum atomic E-state index is -1.88. The van der Waals surface area contributed by atoms with Crippen molar-refractivity contribution in [3.05, 3.63) is 29.3 Å². The van der Waals surface area contributed by atoms with Crippen LogP contribution in [0.15, 0.2) is 18.2 Å². The van der Waals surface area contributed by atoms with Crippen LogP contribution in [-0.2, 0) is 13.2 Å². The molecule has 1 aromatic rings. The number of rotatable bonds is 4. The first-order valence-electron chi connectivity index (χ1n) is 6.23. The van der Waals surface area contributed by atoms with Crippen LogP contribution >= 0.6 is 0 Å². The van der Waals surface area contributed by atoms with Crippen LogP contribution in [0.25, 0.3) is 0 Å². The highest BCUT2D eigenvalue weighted by Crippen LogP contribution is 2.37. The highest BCUT2D eigenvalue weighted by molar-refractivity contribution is 6.74. The molecule has 0 amide bonds. The summed E-state index contributed by atoms with van der Waals surface area (Å²) in [7, 11) is -1.88. The zero-order chi connectivity index (χ0) is 14.0. The first kappa shape index (κ1) is 15.2. The Balaban J connectivity index is 3.04. The van der Waals surface area contributed by atoms with E-state index in [-0.39, 0.29) is 18.3 Å². The van der Waals surface area contributed by atoms with E-state index >= 15 is 0 Å². The van der Waals surface area contributed by atoms with Crippen molar-refractivity contribution < 1.29 is 14.6 Å². The largest absolute Gasteiger partial charge is 0.543 e. The summed E-state index contributed by atoms with van der Waals surface area (Å²) < 4.78 is 6.17. The first-order valence-corrected chi connectivity index (χ1v) is 9.14. The van der Waals surface area contributed by atoms with E-state index in [9.17, 15) is 10.2 Å². The number of aliphatic hydroxyl groups is 2. The minimum Gasteiger partial charge on any atom is -0.543 e. The average Bonchev–Trinajstić information content (AvgIpc) is 2.26. The molecule has 0 aromatic heterocycles. The van der Waals surface area contributed by atoms with Crippen molar-refractivity contribution in [1.29, 1.82) is 0 Å². The molecule has 1 rings (SSSR count). The molecule has 0 spiro atoms. The first-order chi connectivity index (χ1) is 8.19. The second-order valence-electron chi connectivity index (χ2n) is 6.16. The molecule has 18 heavy (non-hydrogen) atoms. The Bertz CT molecular complexity index is 386. The van der Waals surface area contributed by atoms with Gasteiger partial charge in [0.05, 0.1) is 13.2 Å². The van der Waals surface area contributed by atoms with E-state index in [2.05, 4.69) is 33.9 Å². The summed E-state index contributed by atoms with van der Waals surface area (Å²) in [4.78, 5) is 0. The zero-order valence-corrected chi connectivity index (χ0v) is 12.9. The fraction of sp³-hybridized carbons (Fsp3) is 0.571. The molecule has 0 aliphatic carbocycles. The predicted octanol–water partition coefficient (Wildman–Crippen LogP) is 3.06. The Labute approximate surface area is 111 Å². The number of hydrogen-bond donors (Lipinski definition) is 2. The number of aliphatic hydroxyl groups excluding tert-OH is 2. The van der Waals surface area contributed by atoms with Crippen molar-refractivity contribution in [2.45, 2.75) is 52.1 Å². The minimum absolute atomic E-state index is 0.0400. The van der Waals surface area contributed by atoms with Gasteiger partial charge in [-0.2, -0.15) is 0 Å². The predicted molar refractivity (Wildman–Crippen MR) is 76.1 cm³/mol. The molecule has 2 N–H and O–H groups in total. The van der Waals surface area contributed by atoms with Crippen molar-refractivity contribution >= 4 is 8.32 Å². The van der Waals surface area contributed by atoms with Gasteiger partial charge in [-0.3, -0.25) is 0 Å². The second-order valence-corrected chi connectivity index (χ2v) is 10.9. The summed E-state index contributed by atoms with van der Waals surface area (Å²) in [5.74, 6) is 0.747. The maximum Gasteiger partial charge on any atom is 0.250 e. The summed E-state index contributed by atoms with van der Waals surface area (Å²) in [5, 5.41) is 18.6. The number of hydrogen-bond acceptors (Lipinski definition) is 3. The van der Waals surface area contributed by atoms with Gasteiger partial charge in [0.15, 0.2) is 0 Å². The van der Waals surface area contributed by atoms with Gasteiger partial charge in [0.2, 0.25) is 8.32 Å². The fourth-order valence-electron chi connectivity index (χ4n) is 1.42. The summed E-state index contributed by atoms with van der Waals surface area (Å²) in [6, 6.07) is 5.48. The van der Waals surface area contributed by atoms with E-state index in [1.165, 1.54) is 0 Å². The molecular formula is C14H24O3Si. The topological polar surface area (TPSA) is 49.7 Å². The van der Waals surface area contributed by atoms with Crippen molar-refractivity contribution in [3.63, 3.8) is 0 Å². The zero-order valence-electron chi connectivity index (χ0n) is 11.9. The van der Waals surface area contributed by atoms with E-state index in [0.29, 0.717) is 0 Å². The lowest BCUT2D eigenvalue weighted by Gasteiger charge is -2.36. The monoisotopic (exact) mass is 268 g/mol. The average molecular weight is 268 g/mol. The molecule has 0 heterocycles. The van der Waals surface area contributed by atoms with Gasteiger partial charge in [-0.15, -0.1) is 0 Å². The van der Waals surface area contributed by atoms with Crippen molar-refractivity contribution in [1.82, 2.24) is 0 Å². The molecule has 0 unspecified atom stereocenters. The highest BCUT2D eigenvalue weighted by atomic mass is 28.4. The van der Waals surface area contributed by atoms with Crippen LogP contribution in [0.3, 0.4) is 0 Å². The van der Waals surface area contributed by atoms with Crippen molar-refractivity contribution in [2.24, 2.45) is 0 Å². The molecule has 0 saturated carbocycles. The van der Waals surface area contributed by atoms with Gasteiger partial charge in [0.25, 0.3) is 0 Å². The molecule has 0 aliphatic heterocycles. The van der Waals surface area contributed by atoms with Crippen LogP contribution < -0.4 is 4.43 Å². The van der Waals surface area contributed by atoms with Gasteiger partial charge < -0.3 is 14.6 Å². The summed E-state index contributed by atoms with van der Waals surface area (Å²) >= 11 is 0.